The zero-order chi connectivity index (χ0) is 10.8. The van der Waals surface area contributed by atoms with Crippen molar-refractivity contribution in [2.24, 2.45) is 12.8 Å². The first-order chi connectivity index (χ1) is 6.40. The van der Waals surface area contributed by atoms with Crippen LogP contribution in [0.25, 0.3) is 0 Å². The highest BCUT2D eigenvalue weighted by atomic mass is 16.5. The Morgan fingerprint density at radius 3 is 2.71 bits per heavy atom. The zero-order valence-corrected chi connectivity index (χ0v) is 8.78. The standard InChI is InChI=1S/C10H16N2O2/c1-10(2,11)7-14-9(13)8-5-4-6-12(8)3/h4-6H,7,11H2,1-3H3. The molecular weight excluding hydrogens is 180 g/mol. The average molecular weight is 196 g/mol. The Morgan fingerprint density at radius 2 is 2.29 bits per heavy atom. The van der Waals surface area contributed by atoms with E-state index in [9.17, 15) is 4.79 Å². The summed E-state index contributed by atoms with van der Waals surface area (Å²) in [6, 6.07) is 3.51. The minimum atomic E-state index is -0.485. The number of hydrogen-bond donors (Lipinski definition) is 1. The Morgan fingerprint density at radius 1 is 1.64 bits per heavy atom. The van der Waals surface area contributed by atoms with Gasteiger partial charge >= 0.3 is 5.97 Å². The molecule has 0 amide bonds. The Hall–Kier alpha value is -1.29. The van der Waals surface area contributed by atoms with E-state index in [0.717, 1.165) is 0 Å². The number of esters is 1. The highest BCUT2D eigenvalue weighted by Gasteiger charge is 2.16. The molecule has 4 heteroatoms. The van der Waals surface area contributed by atoms with Crippen molar-refractivity contribution in [2.45, 2.75) is 19.4 Å². The van der Waals surface area contributed by atoms with E-state index in [1.165, 1.54) is 0 Å². The summed E-state index contributed by atoms with van der Waals surface area (Å²) in [6.07, 6.45) is 1.80. The molecule has 0 bridgehead atoms. The predicted molar refractivity (Wildman–Crippen MR) is 54.0 cm³/mol. The van der Waals surface area contributed by atoms with E-state index < -0.39 is 5.54 Å². The molecule has 0 aliphatic rings. The summed E-state index contributed by atoms with van der Waals surface area (Å²) in [5.74, 6) is -0.337. The van der Waals surface area contributed by atoms with Gasteiger partial charge in [-0.1, -0.05) is 0 Å². The molecule has 0 aromatic carbocycles. The summed E-state index contributed by atoms with van der Waals surface area (Å²) >= 11 is 0. The molecule has 14 heavy (non-hydrogen) atoms. The first-order valence-electron chi connectivity index (χ1n) is 4.47. The summed E-state index contributed by atoms with van der Waals surface area (Å²) in [6.45, 7) is 3.84. The van der Waals surface area contributed by atoms with Gasteiger partial charge in [-0.25, -0.2) is 4.79 Å². The van der Waals surface area contributed by atoms with Gasteiger partial charge in [0.2, 0.25) is 0 Å². The molecule has 0 spiro atoms. The molecule has 0 aliphatic heterocycles. The lowest BCUT2D eigenvalue weighted by atomic mass is 10.1. The van der Waals surface area contributed by atoms with Crippen LogP contribution in [0.3, 0.4) is 0 Å². The normalized spacial score (nSPS) is 11.4. The third kappa shape index (κ3) is 2.88. The van der Waals surface area contributed by atoms with Gasteiger partial charge in [0.05, 0.1) is 0 Å². The maximum atomic E-state index is 11.5. The third-order valence-electron chi connectivity index (χ3n) is 1.73. The highest BCUT2D eigenvalue weighted by molar-refractivity contribution is 5.87. The number of carbonyl (C=O) groups excluding carboxylic acids is 1. The van der Waals surface area contributed by atoms with E-state index in [2.05, 4.69) is 0 Å². The van der Waals surface area contributed by atoms with Crippen LogP contribution in [0.2, 0.25) is 0 Å². The first-order valence-corrected chi connectivity index (χ1v) is 4.47. The lowest BCUT2D eigenvalue weighted by molar-refractivity contribution is 0.0422. The van der Waals surface area contributed by atoms with Crippen LogP contribution in [0.1, 0.15) is 24.3 Å². The second kappa shape index (κ2) is 3.84. The second-order valence-corrected chi connectivity index (χ2v) is 4.07. The number of ether oxygens (including phenoxy) is 1. The Bertz CT molecular complexity index is 323. The summed E-state index contributed by atoms with van der Waals surface area (Å²) in [7, 11) is 1.80. The van der Waals surface area contributed by atoms with Gasteiger partial charge in [-0.2, -0.15) is 0 Å². The number of nitrogens with two attached hydrogens (primary N) is 1. The van der Waals surface area contributed by atoms with Crippen LogP contribution >= 0.6 is 0 Å². The fourth-order valence-electron chi connectivity index (χ4n) is 0.999. The van der Waals surface area contributed by atoms with Gasteiger partial charge in [-0.15, -0.1) is 0 Å². The number of carbonyl (C=O) groups is 1. The molecule has 0 atom stereocenters. The topological polar surface area (TPSA) is 57.2 Å². The smallest absolute Gasteiger partial charge is 0.354 e. The molecule has 78 valence electrons. The zero-order valence-electron chi connectivity index (χ0n) is 8.78. The van der Waals surface area contributed by atoms with Crippen LogP contribution in [-0.2, 0) is 11.8 Å². The van der Waals surface area contributed by atoms with Gasteiger partial charge in [-0.3, -0.25) is 0 Å². The molecule has 0 aliphatic carbocycles. The lowest BCUT2D eigenvalue weighted by Gasteiger charge is -2.17. The van der Waals surface area contributed by atoms with Crippen LogP contribution in [0.15, 0.2) is 18.3 Å². The summed E-state index contributed by atoms with van der Waals surface area (Å²) in [5, 5.41) is 0. The number of rotatable bonds is 3. The number of aryl methyl sites for hydroxylation is 1. The third-order valence-corrected chi connectivity index (χ3v) is 1.73. The Kier molecular flexibility index (Phi) is 2.96. The maximum absolute atomic E-state index is 11.5. The fraction of sp³-hybridized carbons (Fsp3) is 0.500. The number of aromatic nitrogens is 1. The van der Waals surface area contributed by atoms with Crippen LogP contribution in [0.5, 0.6) is 0 Å². The van der Waals surface area contributed by atoms with E-state index in [4.69, 9.17) is 10.5 Å². The van der Waals surface area contributed by atoms with E-state index in [1.807, 2.05) is 13.8 Å². The van der Waals surface area contributed by atoms with Crippen molar-refractivity contribution in [2.75, 3.05) is 6.61 Å². The monoisotopic (exact) mass is 196 g/mol. The van der Waals surface area contributed by atoms with E-state index in [0.29, 0.717) is 5.69 Å². The number of nitrogens with zero attached hydrogens (tertiary/aromatic N) is 1. The minimum absolute atomic E-state index is 0.219. The molecule has 0 saturated heterocycles. The van der Waals surface area contributed by atoms with Crippen molar-refractivity contribution in [1.29, 1.82) is 0 Å². The van der Waals surface area contributed by atoms with Gasteiger partial charge in [0.1, 0.15) is 12.3 Å². The largest absolute Gasteiger partial charge is 0.459 e. The van der Waals surface area contributed by atoms with Gasteiger partial charge in [0, 0.05) is 18.8 Å². The first kappa shape index (κ1) is 10.8. The molecule has 0 fully saturated rings. The maximum Gasteiger partial charge on any atom is 0.354 e. The average Bonchev–Trinajstić information content (AvgIpc) is 2.46. The lowest BCUT2D eigenvalue weighted by Crippen LogP contribution is -2.38. The summed E-state index contributed by atoms with van der Waals surface area (Å²) in [5.41, 5.74) is 5.74. The molecule has 2 N–H and O–H groups in total. The molecular formula is C10H16N2O2. The Balaban J connectivity index is 2.56. The van der Waals surface area contributed by atoms with Crippen molar-refractivity contribution in [3.63, 3.8) is 0 Å². The minimum Gasteiger partial charge on any atom is -0.459 e. The van der Waals surface area contributed by atoms with E-state index >= 15 is 0 Å². The van der Waals surface area contributed by atoms with Crippen molar-refractivity contribution >= 4 is 5.97 Å². The molecule has 4 nitrogen and oxygen atoms in total. The number of hydrogen-bond acceptors (Lipinski definition) is 3. The van der Waals surface area contributed by atoms with Crippen LogP contribution in [0, 0.1) is 0 Å². The van der Waals surface area contributed by atoms with Gasteiger partial charge in [-0.05, 0) is 26.0 Å². The van der Waals surface area contributed by atoms with Crippen LogP contribution in [0.4, 0.5) is 0 Å². The molecule has 1 rings (SSSR count). The fourth-order valence-corrected chi connectivity index (χ4v) is 0.999. The van der Waals surface area contributed by atoms with Gasteiger partial charge in [0.15, 0.2) is 0 Å². The van der Waals surface area contributed by atoms with Crippen molar-refractivity contribution in [1.82, 2.24) is 4.57 Å². The summed E-state index contributed by atoms with van der Waals surface area (Å²) in [4.78, 5) is 11.5. The van der Waals surface area contributed by atoms with Crippen molar-refractivity contribution in [3.05, 3.63) is 24.0 Å². The van der Waals surface area contributed by atoms with Gasteiger partial charge in [0.25, 0.3) is 0 Å². The van der Waals surface area contributed by atoms with Crippen LogP contribution in [-0.4, -0.2) is 22.7 Å². The van der Waals surface area contributed by atoms with Crippen molar-refractivity contribution < 1.29 is 9.53 Å². The van der Waals surface area contributed by atoms with Crippen molar-refractivity contribution in [3.8, 4) is 0 Å². The quantitative estimate of drug-likeness (QED) is 0.731. The Labute approximate surface area is 83.7 Å². The molecule has 1 heterocycles. The molecule has 0 radical (unpaired) electrons. The molecule has 0 unspecified atom stereocenters. The molecule has 1 aromatic heterocycles. The van der Waals surface area contributed by atoms with E-state index in [-0.39, 0.29) is 12.6 Å². The molecule has 0 saturated carbocycles. The highest BCUT2D eigenvalue weighted by Crippen LogP contribution is 2.04. The molecule has 1 aromatic rings. The summed E-state index contributed by atoms with van der Waals surface area (Å²) < 4.78 is 6.76. The van der Waals surface area contributed by atoms with Gasteiger partial charge < -0.3 is 15.0 Å². The van der Waals surface area contributed by atoms with Crippen LogP contribution < -0.4 is 5.73 Å². The predicted octanol–water partition coefficient (Wildman–Crippen LogP) is 0.919. The second-order valence-electron chi connectivity index (χ2n) is 4.07. The SMILES string of the molecule is Cn1cccc1C(=O)OCC(C)(C)N. The van der Waals surface area contributed by atoms with E-state index in [1.54, 1.807) is 29.9 Å².